The zero-order valence-electron chi connectivity index (χ0n) is 15.0. The minimum absolute atomic E-state index is 0.263. The highest BCUT2D eigenvalue weighted by atomic mass is 19.1. The number of hydrogen-bond acceptors (Lipinski definition) is 5. The lowest BCUT2D eigenvalue weighted by molar-refractivity contribution is 0.292. The maximum absolute atomic E-state index is 13.8. The van der Waals surface area contributed by atoms with E-state index in [9.17, 15) is 8.78 Å². The van der Waals surface area contributed by atoms with Crippen molar-refractivity contribution in [3.8, 4) is 0 Å². The van der Waals surface area contributed by atoms with Gasteiger partial charge in [0.2, 0.25) is 0 Å². The summed E-state index contributed by atoms with van der Waals surface area (Å²) in [6.07, 6.45) is 0. The molecule has 5 nitrogen and oxygen atoms in total. The molecule has 0 bridgehead atoms. The van der Waals surface area contributed by atoms with Crippen molar-refractivity contribution < 1.29 is 18.3 Å². The molecular formula is C20H19F2N3O2. The number of amidine groups is 2. The van der Waals surface area contributed by atoms with Crippen LogP contribution in [-0.2, 0) is 9.47 Å². The number of ether oxygens (including phenoxy) is 2. The second kappa shape index (κ2) is 6.98. The molecule has 2 heterocycles. The van der Waals surface area contributed by atoms with E-state index in [2.05, 4.69) is 15.3 Å². The van der Waals surface area contributed by atoms with Crippen LogP contribution in [0.2, 0.25) is 0 Å². The number of rotatable bonds is 2. The average Bonchev–Trinajstić information content (AvgIpc) is 3.30. The molecule has 27 heavy (non-hydrogen) atoms. The number of halogens is 2. The molecule has 4 rings (SSSR count). The predicted molar refractivity (Wildman–Crippen MR) is 97.7 cm³/mol. The fourth-order valence-electron chi connectivity index (χ4n) is 3.27. The van der Waals surface area contributed by atoms with Crippen LogP contribution >= 0.6 is 0 Å². The van der Waals surface area contributed by atoms with Crippen molar-refractivity contribution in [3.05, 3.63) is 70.3 Å². The molecule has 0 saturated heterocycles. The molecule has 2 aliphatic rings. The molecule has 7 heteroatoms. The summed E-state index contributed by atoms with van der Waals surface area (Å²) in [5.74, 6) is -0.526. The van der Waals surface area contributed by atoms with E-state index < -0.39 is 0 Å². The van der Waals surface area contributed by atoms with Gasteiger partial charge in [-0.15, -0.1) is 0 Å². The van der Waals surface area contributed by atoms with Crippen molar-refractivity contribution in [1.82, 2.24) is 5.32 Å². The molecule has 0 spiro atoms. The molecular weight excluding hydrogens is 352 g/mol. The molecule has 0 aromatic heterocycles. The Hall–Kier alpha value is -2.96. The van der Waals surface area contributed by atoms with Crippen LogP contribution < -0.4 is 5.32 Å². The Labute approximate surface area is 155 Å². The van der Waals surface area contributed by atoms with Gasteiger partial charge < -0.3 is 9.47 Å². The van der Waals surface area contributed by atoms with Crippen molar-refractivity contribution in [2.75, 3.05) is 13.2 Å². The van der Waals surface area contributed by atoms with Crippen LogP contribution in [-0.4, -0.2) is 25.3 Å². The minimum Gasteiger partial charge on any atom is -0.462 e. The number of aliphatic imine (C=N–C) groups is 2. The van der Waals surface area contributed by atoms with Gasteiger partial charge in [0.05, 0.1) is 0 Å². The first-order valence-electron chi connectivity index (χ1n) is 8.71. The lowest BCUT2D eigenvalue weighted by Crippen LogP contribution is -2.30. The van der Waals surface area contributed by atoms with Crippen molar-refractivity contribution in [1.29, 1.82) is 0 Å². The monoisotopic (exact) mass is 371 g/mol. The molecule has 2 aromatic rings. The van der Waals surface area contributed by atoms with Crippen LogP contribution in [0.4, 0.5) is 8.78 Å². The summed E-state index contributed by atoms with van der Waals surface area (Å²) < 4.78 is 38.6. The van der Waals surface area contributed by atoms with Gasteiger partial charge in [0.25, 0.3) is 12.0 Å². The molecule has 0 amide bonds. The molecule has 2 aromatic carbocycles. The van der Waals surface area contributed by atoms with Gasteiger partial charge in [-0.1, -0.05) is 24.3 Å². The highest BCUT2D eigenvalue weighted by molar-refractivity contribution is 5.94. The fourth-order valence-corrected chi connectivity index (χ4v) is 3.27. The third kappa shape index (κ3) is 3.37. The Morgan fingerprint density at radius 1 is 0.815 bits per heavy atom. The Bertz CT molecular complexity index is 867. The van der Waals surface area contributed by atoms with E-state index >= 15 is 0 Å². The Balaban J connectivity index is 1.48. The Morgan fingerprint density at radius 3 is 1.70 bits per heavy atom. The third-order valence-electron chi connectivity index (χ3n) is 4.85. The molecule has 0 fully saturated rings. The largest absolute Gasteiger partial charge is 0.462 e. The lowest BCUT2D eigenvalue weighted by atomic mass is 10.0. The quantitative estimate of drug-likeness (QED) is 0.875. The third-order valence-corrected chi connectivity index (χ3v) is 4.85. The van der Waals surface area contributed by atoms with E-state index in [0.29, 0.717) is 24.3 Å². The topological polar surface area (TPSA) is 55.2 Å². The van der Waals surface area contributed by atoms with Crippen LogP contribution in [0.3, 0.4) is 0 Å². The average molecular weight is 371 g/mol. The maximum Gasteiger partial charge on any atom is 0.293 e. The SMILES string of the molecule is Cc1c(F)cccc1C1COC(NC2=NC(c3cccc(F)c3C)CO2)=N1. The van der Waals surface area contributed by atoms with Gasteiger partial charge >= 0.3 is 0 Å². The van der Waals surface area contributed by atoms with Gasteiger partial charge in [0.15, 0.2) is 0 Å². The van der Waals surface area contributed by atoms with E-state index in [-0.39, 0.29) is 35.8 Å². The molecule has 1 N–H and O–H groups in total. The second-order valence-electron chi connectivity index (χ2n) is 6.56. The van der Waals surface area contributed by atoms with Crippen LogP contribution in [0.15, 0.2) is 46.4 Å². The zero-order chi connectivity index (χ0) is 19.0. The van der Waals surface area contributed by atoms with E-state index in [1.54, 1.807) is 26.0 Å². The highest BCUT2D eigenvalue weighted by Crippen LogP contribution is 2.28. The number of benzene rings is 2. The summed E-state index contributed by atoms with van der Waals surface area (Å²) >= 11 is 0. The molecule has 0 radical (unpaired) electrons. The number of nitrogens with one attached hydrogen (secondary N) is 1. The lowest BCUT2D eigenvalue weighted by Gasteiger charge is -2.09. The first-order chi connectivity index (χ1) is 13.0. The molecule has 2 unspecified atom stereocenters. The number of hydrogen-bond donors (Lipinski definition) is 1. The summed E-state index contributed by atoms with van der Waals surface area (Å²) in [7, 11) is 0. The summed E-state index contributed by atoms with van der Waals surface area (Å²) in [6.45, 7) is 4.07. The second-order valence-corrected chi connectivity index (χ2v) is 6.56. The van der Waals surface area contributed by atoms with Crippen LogP contribution in [0.1, 0.15) is 34.3 Å². The molecule has 140 valence electrons. The van der Waals surface area contributed by atoms with Gasteiger partial charge in [0.1, 0.15) is 36.9 Å². The maximum atomic E-state index is 13.8. The van der Waals surface area contributed by atoms with Crippen LogP contribution in [0.25, 0.3) is 0 Å². The van der Waals surface area contributed by atoms with Gasteiger partial charge in [-0.25, -0.2) is 18.8 Å². The Kier molecular flexibility index (Phi) is 4.51. The zero-order valence-corrected chi connectivity index (χ0v) is 15.0. The molecule has 0 saturated carbocycles. The van der Waals surface area contributed by atoms with E-state index in [1.807, 2.05) is 12.1 Å². The van der Waals surface area contributed by atoms with E-state index in [4.69, 9.17) is 9.47 Å². The number of nitrogens with zero attached hydrogens (tertiary/aromatic N) is 2. The van der Waals surface area contributed by atoms with Crippen molar-refractivity contribution in [2.24, 2.45) is 9.98 Å². The smallest absolute Gasteiger partial charge is 0.293 e. The van der Waals surface area contributed by atoms with Crippen molar-refractivity contribution >= 4 is 12.0 Å². The van der Waals surface area contributed by atoms with E-state index in [1.165, 1.54) is 12.1 Å². The first-order valence-corrected chi connectivity index (χ1v) is 8.71. The van der Waals surface area contributed by atoms with Gasteiger partial charge in [-0.05, 0) is 48.2 Å². The van der Waals surface area contributed by atoms with Crippen LogP contribution in [0, 0.1) is 25.5 Å². The predicted octanol–water partition coefficient (Wildman–Crippen LogP) is 3.73. The molecule has 2 aliphatic heterocycles. The van der Waals surface area contributed by atoms with Gasteiger partial charge in [-0.3, -0.25) is 5.32 Å². The summed E-state index contributed by atoms with van der Waals surface area (Å²) in [5, 5.41) is 2.91. The summed E-state index contributed by atoms with van der Waals surface area (Å²) in [6, 6.07) is 9.83. The van der Waals surface area contributed by atoms with Gasteiger partial charge in [-0.2, -0.15) is 0 Å². The minimum atomic E-state index is -0.286. The normalized spacial score (nSPS) is 21.3. The molecule has 0 aliphatic carbocycles. The molecule has 2 atom stereocenters. The van der Waals surface area contributed by atoms with Crippen molar-refractivity contribution in [3.63, 3.8) is 0 Å². The summed E-state index contributed by atoms with van der Waals surface area (Å²) in [5.41, 5.74) is 2.70. The van der Waals surface area contributed by atoms with Crippen LogP contribution in [0.5, 0.6) is 0 Å². The van der Waals surface area contributed by atoms with Crippen molar-refractivity contribution in [2.45, 2.75) is 25.9 Å². The first kappa shape index (κ1) is 17.5. The highest BCUT2D eigenvalue weighted by Gasteiger charge is 2.27. The summed E-state index contributed by atoms with van der Waals surface area (Å²) in [4.78, 5) is 8.90. The van der Waals surface area contributed by atoms with E-state index in [0.717, 1.165) is 11.1 Å². The standard InChI is InChI=1S/C20H19F2N3O2/c1-11-13(5-3-7-15(11)21)17-9-26-19(23-17)25-20-24-18(10-27-20)14-6-4-8-16(22)12(14)2/h3-8,17-18H,9-10H2,1-2H3,(H,23,24,25). The fraction of sp³-hybridized carbons (Fsp3) is 0.300. The Morgan fingerprint density at radius 2 is 1.26 bits per heavy atom. The van der Waals surface area contributed by atoms with Gasteiger partial charge in [0, 0.05) is 0 Å².